The zero-order valence-electron chi connectivity index (χ0n) is 14.4. The van der Waals surface area contributed by atoms with Crippen molar-refractivity contribution in [3.05, 3.63) is 24.3 Å². The number of para-hydroxylation sites is 2. The van der Waals surface area contributed by atoms with Crippen LogP contribution in [-0.4, -0.2) is 62.4 Å². The number of hydrogen-bond donors (Lipinski definition) is 1. The predicted molar refractivity (Wildman–Crippen MR) is 90.4 cm³/mol. The summed E-state index contributed by atoms with van der Waals surface area (Å²) < 4.78 is 17.1. The van der Waals surface area contributed by atoms with Gasteiger partial charge in [-0.2, -0.15) is 0 Å². The number of morpholine rings is 1. The molecule has 6 heteroatoms. The van der Waals surface area contributed by atoms with Crippen LogP contribution in [0.1, 0.15) is 13.8 Å². The lowest BCUT2D eigenvalue weighted by molar-refractivity contribution is -0.131. The highest BCUT2D eigenvalue weighted by Gasteiger charge is 2.28. The van der Waals surface area contributed by atoms with Crippen LogP contribution in [0.15, 0.2) is 24.3 Å². The van der Waals surface area contributed by atoms with Gasteiger partial charge in [-0.25, -0.2) is 0 Å². The summed E-state index contributed by atoms with van der Waals surface area (Å²) in [6.45, 7) is 8.73. The number of amides is 1. The van der Waals surface area contributed by atoms with Crippen LogP contribution in [0, 0.1) is 5.92 Å². The van der Waals surface area contributed by atoms with Gasteiger partial charge < -0.3 is 19.5 Å². The molecule has 2 heterocycles. The van der Waals surface area contributed by atoms with Crippen LogP contribution in [0.4, 0.5) is 0 Å². The van der Waals surface area contributed by atoms with E-state index in [1.807, 2.05) is 24.3 Å². The van der Waals surface area contributed by atoms with E-state index in [0.29, 0.717) is 30.6 Å². The number of nitrogens with one attached hydrogen (secondary N) is 1. The molecule has 1 aromatic rings. The SMILES string of the molecule is CC(C)CN1CCOC(CNC(=O)C2COc3ccccc3O2)C1. The van der Waals surface area contributed by atoms with Gasteiger partial charge in [0, 0.05) is 26.2 Å². The molecule has 1 amide bonds. The van der Waals surface area contributed by atoms with Crippen molar-refractivity contribution in [2.45, 2.75) is 26.1 Å². The zero-order valence-corrected chi connectivity index (χ0v) is 14.4. The molecule has 2 aliphatic rings. The Morgan fingerprint density at radius 2 is 2.12 bits per heavy atom. The van der Waals surface area contributed by atoms with E-state index >= 15 is 0 Å². The molecule has 1 N–H and O–H groups in total. The summed E-state index contributed by atoms with van der Waals surface area (Å²) in [7, 11) is 0. The van der Waals surface area contributed by atoms with Crippen molar-refractivity contribution < 1.29 is 19.0 Å². The van der Waals surface area contributed by atoms with Gasteiger partial charge in [0.25, 0.3) is 5.91 Å². The van der Waals surface area contributed by atoms with Crippen molar-refractivity contribution in [3.63, 3.8) is 0 Å². The summed E-state index contributed by atoms with van der Waals surface area (Å²) in [4.78, 5) is 14.7. The first-order chi connectivity index (χ1) is 11.6. The molecule has 0 radical (unpaired) electrons. The molecular formula is C18H26N2O4. The van der Waals surface area contributed by atoms with E-state index in [9.17, 15) is 4.79 Å². The van der Waals surface area contributed by atoms with Crippen molar-refractivity contribution in [1.82, 2.24) is 10.2 Å². The van der Waals surface area contributed by atoms with E-state index in [0.717, 1.165) is 19.6 Å². The lowest BCUT2D eigenvalue weighted by Gasteiger charge is -2.34. The molecule has 0 aromatic heterocycles. The Morgan fingerprint density at radius 3 is 2.92 bits per heavy atom. The molecule has 132 valence electrons. The molecule has 2 unspecified atom stereocenters. The summed E-state index contributed by atoms with van der Waals surface area (Å²) >= 11 is 0. The maximum absolute atomic E-state index is 12.3. The van der Waals surface area contributed by atoms with Gasteiger partial charge in [-0.05, 0) is 18.1 Å². The second-order valence-electron chi connectivity index (χ2n) is 6.76. The van der Waals surface area contributed by atoms with E-state index in [2.05, 4.69) is 24.1 Å². The van der Waals surface area contributed by atoms with Gasteiger partial charge in [0.15, 0.2) is 11.5 Å². The fraction of sp³-hybridized carbons (Fsp3) is 0.611. The third-order valence-electron chi connectivity index (χ3n) is 4.15. The number of carbonyl (C=O) groups is 1. The first-order valence-electron chi connectivity index (χ1n) is 8.62. The number of ether oxygens (including phenoxy) is 3. The van der Waals surface area contributed by atoms with Gasteiger partial charge >= 0.3 is 0 Å². The van der Waals surface area contributed by atoms with Crippen molar-refractivity contribution in [1.29, 1.82) is 0 Å². The Morgan fingerprint density at radius 1 is 1.33 bits per heavy atom. The molecule has 24 heavy (non-hydrogen) atoms. The Kier molecular flexibility index (Phi) is 5.58. The summed E-state index contributed by atoms with van der Waals surface area (Å²) in [6, 6.07) is 7.39. The second-order valence-corrected chi connectivity index (χ2v) is 6.76. The van der Waals surface area contributed by atoms with Crippen molar-refractivity contribution >= 4 is 5.91 Å². The van der Waals surface area contributed by atoms with E-state index in [-0.39, 0.29) is 18.6 Å². The number of hydrogen-bond acceptors (Lipinski definition) is 5. The van der Waals surface area contributed by atoms with Crippen molar-refractivity contribution in [3.8, 4) is 11.5 Å². The minimum Gasteiger partial charge on any atom is -0.485 e. The molecule has 6 nitrogen and oxygen atoms in total. The molecule has 0 saturated carbocycles. The van der Waals surface area contributed by atoms with Crippen LogP contribution in [0.3, 0.4) is 0 Å². The van der Waals surface area contributed by atoms with Crippen molar-refractivity contribution in [2.24, 2.45) is 5.92 Å². The molecular weight excluding hydrogens is 308 g/mol. The monoisotopic (exact) mass is 334 g/mol. The van der Waals surface area contributed by atoms with Crippen LogP contribution >= 0.6 is 0 Å². The molecule has 0 aliphatic carbocycles. The highest BCUT2D eigenvalue weighted by molar-refractivity contribution is 5.81. The van der Waals surface area contributed by atoms with Crippen LogP contribution < -0.4 is 14.8 Å². The minimum atomic E-state index is -0.616. The average Bonchev–Trinajstić information content (AvgIpc) is 2.59. The maximum Gasteiger partial charge on any atom is 0.264 e. The molecule has 2 aliphatic heterocycles. The molecule has 1 aromatic carbocycles. The standard InChI is InChI=1S/C18H26N2O4/c1-13(2)10-20-7-8-22-14(11-20)9-19-18(21)17-12-23-15-5-3-4-6-16(15)24-17/h3-6,13-14,17H,7-12H2,1-2H3,(H,19,21). The molecule has 2 atom stereocenters. The number of carbonyl (C=O) groups excluding carboxylic acids is 1. The molecule has 0 bridgehead atoms. The Hall–Kier alpha value is -1.79. The Labute approximate surface area is 143 Å². The first kappa shape index (κ1) is 17.0. The van der Waals surface area contributed by atoms with E-state index in [1.54, 1.807) is 0 Å². The fourth-order valence-corrected chi connectivity index (χ4v) is 3.06. The fourth-order valence-electron chi connectivity index (χ4n) is 3.06. The highest BCUT2D eigenvalue weighted by Crippen LogP contribution is 2.30. The smallest absolute Gasteiger partial charge is 0.264 e. The minimum absolute atomic E-state index is 0.0262. The van der Waals surface area contributed by atoms with E-state index in [1.165, 1.54) is 0 Å². The lowest BCUT2D eigenvalue weighted by Crippen LogP contribution is -2.51. The van der Waals surface area contributed by atoms with Gasteiger partial charge in [-0.3, -0.25) is 9.69 Å². The highest BCUT2D eigenvalue weighted by atomic mass is 16.6. The molecule has 0 spiro atoms. The molecule has 1 fully saturated rings. The third-order valence-corrected chi connectivity index (χ3v) is 4.15. The van der Waals surface area contributed by atoms with E-state index in [4.69, 9.17) is 14.2 Å². The third kappa shape index (κ3) is 4.39. The van der Waals surface area contributed by atoms with Crippen LogP contribution in [-0.2, 0) is 9.53 Å². The van der Waals surface area contributed by atoms with Crippen LogP contribution in [0.2, 0.25) is 0 Å². The van der Waals surface area contributed by atoms with Gasteiger partial charge in [0.1, 0.15) is 6.61 Å². The van der Waals surface area contributed by atoms with Gasteiger partial charge in [0.2, 0.25) is 6.10 Å². The topological polar surface area (TPSA) is 60.0 Å². The molecule has 1 saturated heterocycles. The average molecular weight is 334 g/mol. The molecule has 3 rings (SSSR count). The normalized spacial score (nSPS) is 24.0. The Balaban J connectivity index is 1.46. The van der Waals surface area contributed by atoms with Gasteiger partial charge in [-0.1, -0.05) is 26.0 Å². The number of rotatable bonds is 5. The quantitative estimate of drug-likeness (QED) is 0.879. The number of benzene rings is 1. The zero-order chi connectivity index (χ0) is 16.9. The largest absolute Gasteiger partial charge is 0.485 e. The summed E-state index contributed by atoms with van der Waals surface area (Å²) in [6.07, 6.45) is -0.589. The first-order valence-corrected chi connectivity index (χ1v) is 8.62. The lowest BCUT2D eigenvalue weighted by atomic mass is 10.2. The van der Waals surface area contributed by atoms with Crippen LogP contribution in [0.25, 0.3) is 0 Å². The van der Waals surface area contributed by atoms with Gasteiger partial charge in [0.05, 0.1) is 12.7 Å². The second kappa shape index (κ2) is 7.85. The number of fused-ring (bicyclic) bond motifs is 1. The van der Waals surface area contributed by atoms with Crippen molar-refractivity contribution in [2.75, 3.05) is 39.4 Å². The van der Waals surface area contributed by atoms with Gasteiger partial charge in [-0.15, -0.1) is 0 Å². The van der Waals surface area contributed by atoms with Crippen LogP contribution in [0.5, 0.6) is 11.5 Å². The van der Waals surface area contributed by atoms with E-state index < -0.39 is 6.10 Å². The maximum atomic E-state index is 12.3. The predicted octanol–water partition coefficient (Wildman–Crippen LogP) is 1.30. The summed E-state index contributed by atoms with van der Waals surface area (Å²) in [5, 5.41) is 2.93. The number of nitrogens with zero attached hydrogens (tertiary/aromatic N) is 1. The summed E-state index contributed by atoms with van der Waals surface area (Å²) in [5.41, 5.74) is 0. The Bertz CT molecular complexity index is 564. The summed E-state index contributed by atoms with van der Waals surface area (Å²) in [5.74, 6) is 1.77.